The maximum Gasteiger partial charge on any atom is 0.155 e. The molecule has 0 aliphatic carbocycles. The lowest BCUT2D eigenvalue weighted by molar-refractivity contribution is 0.181. The lowest BCUT2D eigenvalue weighted by Gasteiger charge is -2.03. The Hall–Kier alpha value is -0.800. The predicted molar refractivity (Wildman–Crippen MR) is 46.5 cm³/mol. The number of hydrogen-bond acceptors (Lipinski definition) is 3. The first-order valence-corrected chi connectivity index (χ1v) is 3.83. The summed E-state index contributed by atoms with van der Waals surface area (Å²) in [6, 6.07) is 1.73. The summed E-state index contributed by atoms with van der Waals surface area (Å²) < 4.78 is 9.84. The molecule has 1 rings (SSSR count). The number of methoxy groups -OCH3 is 2. The Kier molecular flexibility index (Phi) is 3.31. The van der Waals surface area contributed by atoms with Crippen molar-refractivity contribution in [3.63, 3.8) is 0 Å². The minimum absolute atomic E-state index is 0.462. The van der Waals surface area contributed by atoms with E-state index in [1.54, 1.807) is 26.5 Å². The summed E-state index contributed by atoms with van der Waals surface area (Å²) in [6.45, 7) is 0.462. The molecule has 0 aliphatic rings. The Morgan fingerprint density at radius 3 is 2.75 bits per heavy atom. The first-order valence-electron chi connectivity index (χ1n) is 3.45. The molecular formula is C8H10ClNO2. The van der Waals surface area contributed by atoms with Gasteiger partial charge in [-0.25, -0.2) is 0 Å². The maximum atomic E-state index is 5.84. The third kappa shape index (κ3) is 2.09. The molecular weight excluding hydrogens is 178 g/mol. The van der Waals surface area contributed by atoms with Crippen molar-refractivity contribution in [1.82, 2.24) is 4.98 Å². The van der Waals surface area contributed by atoms with Gasteiger partial charge in [0, 0.05) is 7.11 Å². The number of pyridine rings is 1. The van der Waals surface area contributed by atoms with E-state index >= 15 is 0 Å². The second-order valence-electron chi connectivity index (χ2n) is 2.24. The van der Waals surface area contributed by atoms with Gasteiger partial charge in [-0.2, -0.15) is 0 Å². The fourth-order valence-corrected chi connectivity index (χ4v) is 1.09. The van der Waals surface area contributed by atoms with Gasteiger partial charge in [0.2, 0.25) is 0 Å². The van der Waals surface area contributed by atoms with Crippen molar-refractivity contribution in [3.05, 3.63) is 23.0 Å². The molecule has 0 spiro atoms. The van der Waals surface area contributed by atoms with Crippen molar-refractivity contribution in [2.24, 2.45) is 0 Å². The Bertz CT molecular complexity index is 265. The van der Waals surface area contributed by atoms with Gasteiger partial charge in [0.05, 0.1) is 30.6 Å². The number of nitrogens with zero attached hydrogens (tertiary/aromatic N) is 1. The minimum atomic E-state index is 0.462. The molecule has 0 unspecified atom stereocenters. The lowest BCUT2D eigenvalue weighted by atomic mass is 10.3. The zero-order valence-electron chi connectivity index (χ0n) is 7.00. The van der Waals surface area contributed by atoms with Gasteiger partial charge in [0.1, 0.15) is 0 Å². The highest BCUT2D eigenvalue weighted by Gasteiger charge is 2.01. The second kappa shape index (κ2) is 4.28. The van der Waals surface area contributed by atoms with Crippen LogP contribution in [0.15, 0.2) is 12.3 Å². The molecule has 1 aromatic rings. The van der Waals surface area contributed by atoms with Crippen molar-refractivity contribution in [3.8, 4) is 5.75 Å². The Balaban J connectivity index is 2.86. The monoisotopic (exact) mass is 187 g/mol. The van der Waals surface area contributed by atoms with E-state index in [0.717, 1.165) is 5.69 Å². The van der Waals surface area contributed by atoms with Crippen LogP contribution in [0.1, 0.15) is 5.69 Å². The summed E-state index contributed by atoms with van der Waals surface area (Å²) in [5, 5.41) is 0.555. The van der Waals surface area contributed by atoms with Gasteiger partial charge in [-0.1, -0.05) is 11.6 Å². The van der Waals surface area contributed by atoms with Crippen LogP contribution >= 0.6 is 11.6 Å². The molecule has 0 N–H and O–H groups in total. The van der Waals surface area contributed by atoms with Gasteiger partial charge in [-0.3, -0.25) is 4.98 Å². The van der Waals surface area contributed by atoms with Gasteiger partial charge in [0.25, 0.3) is 0 Å². The molecule has 0 aromatic carbocycles. The standard InChI is InChI=1S/C8H10ClNO2/c1-11-5-6-3-7(9)8(12-2)4-10-6/h3-4H,5H2,1-2H3. The Labute approximate surface area is 76.3 Å². The molecule has 12 heavy (non-hydrogen) atoms. The van der Waals surface area contributed by atoms with Gasteiger partial charge >= 0.3 is 0 Å². The third-order valence-corrected chi connectivity index (χ3v) is 1.68. The first-order chi connectivity index (χ1) is 5.77. The number of hydrogen-bond donors (Lipinski definition) is 0. The smallest absolute Gasteiger partial charge is 0.155 e. The largest absolute Gasteiger partial charge is 0.494 e. The highest BCUT2D eigenvalue weighted by molar-refractivity contribution is 6.32. The minimum Gasteiger partial charge on any atom is -0.494 e. The van der Waals surface area contributed by atoms with Crippen molar-refractivity contribution < 1.29 is 9.47 Å². The molecule has 0 amide bonds. The summed E-state index contributed by atoms with van der Waals surface area (Å²) in [5.74, 6) is 0.580. The topological polar surface area (TPSA) is 31.4 Å². The summed E-state index contributed by atoms with van der Waals surface area (Å²) >= 11 is 5.84. The van der Waals surface area contributed by atoms with Crippen LogP contribution in [0.4, 0.5) is 0 Å². The van der Waals surface area contributed by atoms with Crippen LogP contribution in [0, 0.1) is 0 Å². The second-order valence-corrected chi connectivity index (χ2v) is 2.65. The molecule has 0 bridgehead atoms. The molecule has 66 valence electrons. The summed E-state index contributed by atoms with van der Waals surface area (Å²) in [5.41, 5.74) is 0.795. The number of ether oxygens (including phenoxy) is 2. The summed E-state index contributed by atoms with van der Waals surface area (Å²) in [6.07, 6.45) is 1.58. The molecule has 1 aromatic heterocycles. The first kappa shape index (κ1) is 9.29. The molecule has 0 saturated heterocycles. The van der Waals surface area contributed by atoms with Crippen LogP contribution < -0.4 is 4.74 Å². The SMILES string of the molecule is COCc1cc(Cl)c(OC)cn1. The van der Waals surface area contributed by atoms with Crippen LogP contribution in [0.3, 0.4) is 0 Å². The van der Waals surface area contributed by atoms with E-state index in [2.05, 4.69) is 4.98 Å². The molecule has 3 nitrogen and oxygen atoms in total. The quantitative estimate of drug-likeness (QED) is 0.724. The highest BCUT2D eigenvalue weighted by Crippen LogP contribution is 2.23. The fraction of sp³-hybridized carbons (Fsp3) is 0.375. The van der Waals surface area contributed by atoms with Crippen LogP contribution in [-0.4, -0.2) is 19.2 Å². The third-order valence-electron chi connectivity index (χ3n) is 1.39. The van der Waals surface area contributed by atoms with E-state index in [-0.39, 0.29) is 0 Å². The Morgan fingerprint density at radius 1 is 1.50 bits per heavy atom. The van der Waals surface area contributed by atoms with Crippen LogP contribution in [0.25, 0.3) is 0 Å². The maximum absolute atomic E-state index is 5.84. The number of aromatic nitrogens is 1. The molecule has 0 atom stereocenters. The number of rotatable bonds is 3. The molecule has 0 aliphatic heterocycles. The van der Waals surface area contributed by atoms with Gasteiger partial charge in [-0.05, 0) is 6.07 Å². The molecule has 0 radical (unpaired) electrons. The molecule has 0 fully saturated rings. The van der Waals surface area contributed by atoms with Crippen molar-refractivity contribution in [2.45, 2.75) is 6.61 Å². The molecule has 4 heteroatoms. The van der Waals surface area contributed by atoms with Gasteiger partial charge < -0.3 is 9.47 Å². The van der Waals surface area contributed by atoms with E-state index < -0.39 is 0 Å². The van der Waals surface area contributed by atoms with Crippen molar-refractivity contribution in [2.75, 3.05) is 14.2 Å². The molecule has 1 heterocycles. The summed E-state index contributed by atoms with van der Waals surface area (Å²) in [4.78, 5) is 4.07. The van der Waals surface area contributed by atoms with Crippen LogP contribution in [0.5, 0.6) is 5.75 Å². The lowest BCUT2D eigenvalue weighted by Crippen LogP contribution is -1.93. The average Bonchev–Trinajstić information content (AvgIpc) is 2.05. The fourth-order valence-electron chi connectivity index (χ4n) is 0.835. The number of halogens is 1. The Morgan fingerprint density at radius 2 is 2.25 bits per heavy atom. The van der Waals surface area contributed by atoms with Crippen molar-refractivity contribution >= 4 is 11.6 Å². The van der Waals surface area contributed by atoms with Crippen molar-refractivity contribution in [1.29, 1.82) is 0 Å². The zero-order chi connectivity index (χ0) is 8.97. The van der Waals surface area contributed by atoms with E-state index in [0.29, 0.717) is 17.4 Å². The van der Waals surface area contributed by atoms with E-state index in [9.17, 15) is 0 Å². The van der Waals surface area contributed by atoms with Gasteiger partial charge in [-0.15, -0.1) is 0 Å². The normalized spacial score (nSPS) is 9.92. The predicted octanol–water partition coefficient (Wildman–Crippen LogP) is 1.89. The zero-order valence-corrected chi connectivity index (χ0v) is 7.76. The summed E-state index contributed by atoms with van der Waals surface area (Å²) in [7, 11) is 3.17. The van der Waals surface area contributed by atoms with E-state index in [1.807, 2.05) is 0 Å². The van der Waals surface area contributed by atoms with E-state index in [4.69, 9.17) is 21.1 Å². The van der Waals surface area contributed by atoms with Gasteiger partial charge in [0.15, 0.2) is 5.75 Å². The van der Waals surface area contributed by atoms with E-state index in [1.165, 1.54) is 0 Å². The highest BCUT2D eigenvalue weighted by atomic mass is 35.5. The molecule has 0 saturated carbocycles. The average molecular weight is 188 g/mol. The van der Waals surface area contributed by atoms with Crippen LogP contribution in [0.2, 0.25) is 5.02 Å². The van der Waals surface area contributed by atoms with Crippen LogP contribution in [-0.2, 0) is 11.3 Å².